The normalized spacial score (nSPS) is 25.3. The molecule has 1 heterocycles. The topological polar surface area (TPSA) is 50.9 Å². The van der Waals surface area contributed by atoms with Crippen LogP contribution in [0.2, 0.25) is 0 Å². The van der Waals surface area contributed by atoms with Gasteiger partial charge in [-0.15, -0.1) is 0 Å². The predicted octanol–water partition coefficient (Wildman–Crippen LogP) is 2.75. The van der Waals surface area contributed by atoms with Crippen LogP contribution in [0.3, 0.4) is 0 Å². The molecule has 2 unspecified atom stereocenters. The zero-order valence-electron chi connectivity index (χ0n) is 9.65. The Labute approximate surface area is 101 Å². The summed E-state index contributed by atoms with van der Waals surface area (Å²) in [5.41, 5.74) is 5.67. The van der Waals surface area contributed by atoms with Crippen LogP contribution in [0.1, 0.15) is 25.7 Å². The number of rotatable bonds is 3. The van der Waals surface area contributed by atoms with E-state index in [2.05, 4.69) is 16.6 Å². The Bertz CT molecular complexity index is 343. The number of nitrogens with two attached hydrogens (primary N) is 1. The van der Waals surface area contributed by atoms with Gasteiger partial charge in [0, 0.05) is 11.3 Å². The fraction of sp³-hybridized carbons (Fsp3) is 0.583. The summed E-state index contributed by atoms with van der Waals surface area (Å²) in [7, 11) is 0. The van der Waals surface area contributed by atoms with Gasteiger partial charge in [0.2, 0.25) is 0 Å². The zero-order valence-corrected chi connectivity index (χ0v) is 10.5. The van der Waals surface area contributed by atoms with Crippen LogP contribution in [0.25, 0.3) is 0 Å². The largest absolute Gasteiger partial charge is 0.384 e. The first-order valence-electron chi connectivity index (χ1n) is 5.81. The highest BCUT2D eigenvalue weighted by molar-refractivity contribution is 7.99. The number of hydrogen-bond donors (Lipinski definition) is 2. The van der Waals surface area contributed by atoms with E-state index in [4.69, 9.17) is 5.73 Å². The molecule has 0 bridgehead atoms. The lowest BCUT2D eigenvalue weighted by Gasteiger charge is -2.31. The van der Waals surface area contributed by atoms with E-state index in [1.54, 1.807) is 0 Å². The minimum absolute atomic E-state index is 0.540. The van der Waals surface area contributed by atoms with Crippen LogP contribution in [0.15, 0.2) is 18.2 Å². The van der Waals surface area contributed by atoms with E-state index in [1.807, 2.05) is 30.0 Å². The third kappa shape index (κ3) is 2.82. The van der Waals surface area contributed by atoms with Crippen molar-refractivity contribution in [3.05, 3.63) is 18.2 Å². The Morgan fingerprint density at radius 3 is 2.94 bits per heavy atom. The maximum Gasteiger partial charge on any atom is 0.128 e. The highest BCUT2D eigenvalue weighted by atomic mass is 32.2. The summed E-state index contributed by atoms with van der Waals surface area (Å²) < 4.78 is 0. The predicted molar refractivity (Wildman–Crippen MR) is 71.8 cm³/mol. The molecule has 4 heteroatoms. The molecule has 0 radical (unpaired) electrons. The minimum Gasteiger partial charge on any atom is -0.384 e. The van der Waals surface area contributed by atoms with E-state index in [9.17, 15) is 0 Å². The van der Waals surface area contributed by atoms with E-state index in [-0.39, 0.29) is 0 Å². The first-order valence-corrected chi connectivity index (χ1v) is 7.10. The van der Waals surface area contributed by atoms with Gasteiger partial charge in [0.1, 0.15) is 11.6 Å². The summed E-state index contributed by atoms with van der Waals surface area (Å²) in [6.07, 6.45) is 7.41. The van der Waals surface area contributed by atoms with E-state index >= 15 is 0 Å². The second-order valence-corrected chi connectivity index (χ2v) is 5.33. The maximum atomic E-state index is 5.67. The lowest BCUT2D eigenvalue weighted by molar-refractivity contribution is 0.474. The molecule has 3 N–H and O–H groups in total. The highest BCUT2D eigenvalue weighted by Crippen LogP contribution is 2.29. The first-order chi connectivity index (χ1) is 7.79. The molecule has 0 aromatic carbocycles. The number of anilines is 2. The number of hydrogen-bond acceptors (Lipinski definition) is 4. The fourth-order valence-electron chi connectivity index (χ4n) is 2.27. The zero-order chi connectivity index (χ0) is 11.4. The van der Waals surface area contributed by atoms with E-state index in [0.717, 1.165) is 5.82 Å². The van der Waals surface area contributed by atoms with Gasteiger partial charge in [-0.3, -0.25) is 0 Å². The van der Waals surface area contributed by atoms with Crippen molar-refractivity contribution in [2.45, 2.75) is 37.0 Å². The van der Waals surface area contributed by atoms with E-state index in [0.29, 0.717) is 17.1 Å². The van der Waals surface area contributed by atoms with Gasteiger partial charge in [0.05, 0.1) is 0 Å². The van der Waals surface area contributed by atoms with Gasteiger partial charge in [0.25, 0.3) is 0 Å². The van der Waals surface area contributed by atoms with Crippen LogP contribution in [0, 0.1) is 0 Å². The number of aromatic nitrogens is 1. The van der Waals surface area contributed by atoms with Crippen LogP contribution in [0.4, 0.5) is 11.6 Å². The van der Waals surface area contributed by atoms with Crippen molar-refractivity contribution < 1.29 is 0 Å². The Balaban J connectivity index is 2.02. The van der Waals surface area contributed by atoms with E-state index in [1.165, 1.54) is 25.7 Å². The Hall–Kier alpha value is -0.900. The Kier molecular flexibility index (Phi) is 3.93. The Morgan fingerprint density at radius 2 is 2.19 bits per heavy atom. The van der Waals surface area contributed by atoms with Crippen molar-refractivity contribution in [3.63, 3.8) is 0 Å². The molecule has 88 valence electrons. The molecule has 2 rings (SSSR count). The highest BCUT2D eigenvalue weighted by Gasteiger charge is 2.24. The van der Waals surface area contributed by atoms with Crippen LogP contribution in [-0.4, -0.2) is 22.5 Å². The first kappa shape index (κ1) is 11.6. The molecule has 16 heavy (non-hydrogen) atoms. The molecule has 3 nitrogen and oxygen atoms in total. The molecule has 2 atom stereocenters. The van der Waals surface area contributed by atoms with Gasteiger partial charge in [-0.1, -0.05) is 18.9 Å². The number of pyridine rings is 1. The third-order valence-electron chi connectivity index (χ3n) is 3.11. The second kappa shape index (κ2) is 5.43. The molecule has 0 amide bonds. The molecule has 0 spiro atoms. The van der Waals surface area contributed by atoms with Crippen molar-refractivity contribution in [2.75, 3.05) is 17.3 Å². The quantitative estimate of drug-likeness (QED) is 0.848. The number of nitrogens with zero attached hydrogens (tertiary/aromatic N) is 1. The van der Waals surface area contributed by atoms with Gasteiger partial charge in [-0.25, -0.2) is 4.98 Å². The van der Waals surface area contributed by atoms with Crippen LogP contribution < -0.4 is 11.1 Å². The van der Waals surface area contributed by atoms with Crippen molar-refractivity contribution >= 4 is 23.4 Å². The van der Waals surface area contributed by atoms with Crippen molar-refractivity contribution in [2.24, 2.45) is 0 Å². The molecule has 0 aliphatic heterocycles. The number of nitrogen functional groups attached to an aromatic ring is 1. The monoisotopic (exact) mass is 237 g/mol. The third-order valence-corrected chi connectivity index (χ3v) is 4.28. The summed E-state index contributed by atoms with van der Waals surface area (Å²) >= 11 is 1.96. The average molecular weight is 237 g/mol. The lowest BCUT2D eigenvalue weighted by atomic mass is 9.95. The number of thioether (sulfide) groups is 1. The smallest absolute Gasteiger partial charge is 0.128 e. The summed E-state index contributed by atoms with van der Waals surface area (Å²) in [6, 6.07) is 6.29. The molecule has 1 saturated carbocycles. The molecule has 1 aromatic rings. The van der Waals surface area contributed by atoms with Crippen LogP contribution >= 0.6 is 11.8 Å². The van der Waals surface area contributed by atoms with Gasteiger partial charge in [-0.2, -0.15) is 11.8 Å². The second-order valence-electron chi connectivity index (χ2n) is 4.26. The SMILES string of the molecule is CSC1CCCCC1Nc1cccc(N)n1. The van der Waals surface area contributed by atoms with E-state index < -0.39 is 0 Å². The van der Waals surface area contributed by atoms with Gasteiger partial charge < -0.3 is 11.1 Å². The number of nitrogens with one attached hydrogen (secondary N) is 1. The van der Waals surface area contributed by atoms with Crippen molar-refractivity contribution in [3.8, 4) is 0 Å². The van der Waals surface area contributed by atoms with Gasteiger partial charge in [0.15, 0.2) is 0 Å². The lowest BCUT2D eigenvalue weighted by Crippen LogP contribution is -2.34. The molecule has 1 fully saturated rings. The summed E-state index contributed by atoms with van der Waals surface area (Å²) in [6.45, 7) is 0. The molecular weight excluding hydrogens is 218 g/mol. The molecule has 0 saturated heterocycles. The maximum absolute atomic E-state index is 5.67. The minimum atomic E-state index is 0.540. The Morgan fingerprint density at radius 1 is 1.38 bits per heavy atom. The van der Waals surface area contributed by atoms with Crippen LogP contribution in [0.5, 0.6) is 0 Å². The van der Waals surface area contributed by atoms with Crippen LogP contribution in [-0.2, 0) is 0 Å². The van der Waals surface area contributed by atoms with Gasteiger partial charge >= 0.3 is 0 Å². The van der Waals surface area contributed by atoms with Crippen molar-refractivity contribution in [1.82, 2.24) is 4.98 Å². The average Bonchev–Trinajstić information content (AvgIpc) is 2.30. The molecule has 1 aliphatic rings. The fourth-order valence-corrected chi connectivity index (χ4v) is 3.20. The summed E-state index contributed by atoms with van der Waals surface area (Å²) in [4.78, 5) is 4.29. The molecule has 1 aromatic heterocycles. The van der Waals surface area contributed by atoms with Gasteiger partial charge in [-0.05, 0) is 31.2 Å². The molecule has 1 aliphatic carbocycles. The summed E-state index contributed by atoms with van der Waals surface area (Å²) in [5.74, 6) is 1.49. The summed E-state index contributed by atoms with van der Waals surface area (Å²) in [5, 5.41) is 4.22. The van der Waals surface area contributed by atoms with Crippen molar-refractivity contribution in [1.29, 1.82) is 0 Å². The molecular formula is C12H19N3S. The standard InChI is InChI=1S/C12H19N3S/c1-16-10-6-3-2-5-9(10)14-12-8-4-7-11(13)15-12/h4,7-10H,2-3,5-6H2,1H3,(H3,13,14,15).